The number of nitrogens with one attached hydrogen (secondary N) is 1. The van der Waals surface area contributed by atoms with E-state index >= 15 is 0 Å². The highest BCUT2D eigenvalue weighted by Gasteiger charge is 2.25. The molecule has 0 spiro atoms. The van der Waals surface area contributed by atoms with Crippen molar-refractivity contribution in [3.8, 4) is 0 Å². The minimum atomic E-state index is -0.429. The third-order valence-corrected chi connectivity index (χ3v) is 6.58. The van der Waals surface area contributed by atoms with Gasteiger partial charge in [0.25, 0.3) is 0 Å². The first-order valence-electron chi connectivity index (χ1n) is 9.58. The number of anilines is 1. The largest absolute Gasteiger partial charge is 0.392 e. The first-order chi connectivity index (χ1) is 13.0. The summed E-state index contributed by atoms with van der Waals surface area (Å²) in [5.74, 6) is 1.41. The lowest BCUT2D eigenvalue weighted by Gasteiger charge is -2.11. The van der Waals surface area contributed by atoms with Crippen LogP contribution in [-0.2, 0) is 19.3 Å². The number of pyridine rings is 1. The Morgan fingerprint density at radius 2 is 1.93 bits per heavy atom. The van der Waals surface area contributed by atoms with Gasteiger partial charge in [0.05, 0.1) is 16.3 Å². The van der Waals surface area contributed by atoms with Crippen LogP contribution in [0, 0.1) is 5.92 Å². The molecular formula is C20H26N4OS2. The van der Waals surface area contributed by atoms with E-state index in [0.717, 1.165) is 45.3 Å². The van der Waals surface area contributed by atoms with E-state index in [2.05, 4.69) is 24.1 Å². The number of thiophene rings is 1. The molecule has 4 rings (SSSR count). The second kappa shape index (κ2) is 7.53. The van der Waals surface area contributed by atoms with Crippen molar-refractivity contribution in [3.05, 3.63) is 16.8 Å². The van der Waals surface area contributed by atoms with Gasteiger partial charge in [0, 0.05) is 17.6 Å². The van der Waals surface area contributed by atoms with Gasteiger partial charge < -0.3 is 10.4 Å². The van der Waals surface area contributed by atoms with E-state index in [1.807, 2.05) is 6.26 Å². The minimum Gasteiger partial charge on any atom is -0.392 e. The Morgan fingerprint density at radius 1 is 1.15 bits per heavy atom. The van der Waals surface area contributed by atoms with E-state index in [0.29, 0.717) is 12.5 Å². The van der Waals surface area contributed by atoms with Gasteiger partial charge in [-0.25, -0.2) is 15.0 Å². The third-order valence-electron chi connectivity index (χ3n) is 4.95. The van der Waals surface area contributed by atoms with Gasteiger partial charge in [-0.3, -0.25) is 0 Å². The maximum Gasteiger partial charge on any atom is 0.189 e. The van der Waals surface area contributed by atoms with E-state index in [1.165, 1.54) is 28.6 Å². The zero-order valence-corrected chi connectivity index (χ0v) is 17.9. The number of hydrogen-bond acceptors (Lipinski definition) is 7. The summed E-state index contributed by atoms with van der Waals surface area (Å²) in [6.07, 6.45) is 6.04. The third kappa shape index (κ3) is 3.52. The fourth-order valence-corrected chi connectivity index (χ4v) is 5.33. The minimum absolute atomic E-state index is 0.429. The molecule has 0 saturated carbocycles. The summed E-state index contributed by atoms with van der Waals surface area (Å²) in [6.45, 7) is 6.76. The molecule has 0 aromatic carbocycles. The maximum atomic E-state index is 9.68. The van der Waals surface area contributed by atoms with Crippen molar-refractivity contribution < 1.29 is 5.11 Å². The Hall–Kier alpha value is -1.44. The van der Waals surface area contributed by atoms with Crippen molar-refractivity contribution >= 4 is 49.3 Å². The van der Waals surface area contributed by atoms with Crippen LogP contribution in [0.2, 0.25) is 0 Å². The van der Waals surface area contributed by atoms with Crippen LogP contribution in [0.25, 0.3) is 20.4 Å². The quantitative estimate of drug-likeness (QED) is 0.469. The van der Waals surface area contributed by atoms with E-state index in [1.54, 1.807) is 30.0 Å². The highest BCUT2D eigenvalue weighted by molar-refractivity contribution is 7.98. The fourth-order valence-electron chi connectivity index (χ4n) is 3.83. The van der Waals surface area contributed by atoms with Crippen LogP contribution in [0.1, 0.15) is 44.0 Å². The van der Waals surface area contributed by atoms with Gasteiger partial charge in [0.1, 0.15) is 10.6 Å². The first-order valence-corrected chi connectivity index (χ1v) is 11.6. The smallest absolute Gasteiger partial charge is 0.189 e. The lowest BCUT2D eigenvalue weighted by Crippen LogP contribution is -2.16. The summed E-state index contributed by atoms with van der Waals surface area (Å²) in [6, 6.07) is 0. The monoisotopic (exact) mass is 402 g/mol. The average Bonchev–Trinajstić information content (AvgIpc) is 3.22. The van der Waals surface area contributed by atoms with Gasteiger partial charge in [0.2, 0.25) is 0 Å². The Morgan fingerprint density at radius 3 is 2.63 bits per heavy atom. The van der Waals surface area contributed by atoms with Gasteiger partial charge in [-0.05, 0) is 55.9 Å². The lowest BCUT2D eigenvalue weighted by atomic mass is 9.99. The number of fused-ring (bicyclic) bond motifs is 5. The molecule has 3 heterocycles. The summed E-state index contributed by atoms with van der Waals surface area (Å²) in [5, 5.41) is 15.0. The summed E-state index contributed by atoms with van der Waals surface area (Å²) in [5.41, 5.74) is 5.20. The van der Waals surface area contributed by atoms with Crippen LogP contribution >= 0.6 is 23.1 Å². The number of aliphatic hydroxyl groups is 1. The Balaban J connectivity index is 1.96. The summed E-state index contributed by atoms with van der Waals surface area (Å²) in [7, 11) is 0. The molecule has 0 saturated heterocycles. The van der Waals surface area contributed by atoms with Gasteiger partial charge in [-0.2, -0.15) is 0 Å². The number of aryl methyl sites for hydroxylation is 1. The lowest BCUT2D eigenvalue weighted by molar-refractivity contribution is 0.208. The molecule has 7 heteroatoms. The Kier molecular flexibility index (Phi) is 5.27. The zero-order valence-electron chi connectivity index (χ0n) is 16.3. The molecule has 144 valence electrons. The predicted molar refractivity (Wildman–Crippen MR) is 115 cm³/mol. The zero-order chi connectivity index (χ0) is 19.1. The van der Waals surface area contributed by atoms with Crippen molar-refractivity contribution in [3.63, 3.8) is 0 Å². The van der Waals surface area contributed by atoms with Crippen LogP contribution in [0.15, 0.2) is 5.16 Å². The predicted octanol–water partition coefficient (Wildman–Crippen LogP) is 4.44. The Bertz CT molecular complexity index is 997. The van der Waals surface area contributed by atoms with Crippen LogP contribution < -0.4 is 5.32 Å². The van der Waals surface area contributed by atoms with E-state index < -0.39 is 6.10 Å². The number of nitrogens with zero attached hydrogens (tertiary/aromatic N) is 3. The van der Waals surface area contributed by atoms with Crippen molar-refractivity contribution in [1.29, 1.82) is 0 Å². The van der Waals surface area contributed by atoms with Crippen LogP contribution in [0.4, 0.5) is 5.82 Å². The molecular weight excluding hydrogens is 376 g/mol. The first kappa shape index (κ1) is 18.9. The van der Waals surface area contributed by atoms with E-state index in [-0.39, 0.29) is 0 Å². The van der Waals surface area contributed by atoms with Gasteiger partial charge in [-0.1, -0.05) is 25.6 Å². The number of hydrogen-bond donors (Lipinski definition) is 2. The summed E-state index contributed by atoms with van der Waals surface area (Å²) < 4.78 is 1.05. The van der Waals surface area contributed by atoms with Crippen molar-refractivity contribution in [2.45, 2.75) is 57.7 Å². The number of thioether (sulfide) groups is 1. The van der Waals surface area contributed by atoms with Gasteiger partial charge in [-0.15, -0.1) is 11.3 Å². The molecule has 0 aliphatic heterocycles. The molecule has 0 radical (unpaired) electrons. The second-order valence-electron chi connectivity index (χ2n) is 7.72. The van der Waals surface area contributed by atoms with Gasteiger partial charge >= 0.3 is 0 Å². The normalized spacial score (nSPS) is 15.0. The molecule has 1 atom stereocenters. The molecule has 5 nitrogen and oxygen atoms in total. The SMILES string of the molecule is CSc1nc(NCC(C)O)c2sc3nc(CC(C)C)c4c(c3c2n1)CCC4. The van der Waals surface area contributed by atoms with Crippen molar-refractivity contribution in [1.82, 2.24) is 15.0 Å². The summed E-state index contributed by atoms with van der Waals surface area (Å²) in [4.78, 5) is 15.7. The molecule has 3 aromatic heterocycles. The topological polar surface area (TPSA) is 70.9 Å². The average molecular weight is 403 g/mol. The molecule has 3 aromatic rings. The highest BCUT2D eigenvalue weighted by Crippen LogP contribution is 2.42. The van der Waals surface area contributed by atoms with Crippen molar-refractivity contribution in [2.75, 3.05) is 18.1 Å². The van der Waals surface area contributed by atoms with Gasteiger partial charge in [0.15, 0.2) is 5.16 Å². The Labute approximate surface area is 168 Å². The number of aromatic nitrogens is 3. The molecule has 2 N–H and O–H groups in total. The maximum absolute atomic E-state index is 9.68. The van der Waals surface area contributed by atoms with Crippen LogP contribution in [0.3, 0.4) is 0 Å². The molecule has 1 aliphatic rings. The molecule has 1 unspecified atom stereocenters. The number of rotatable bonds is 6. The number of aliphatic hydroxyl groups excluding tert-OH is 1. The highest BCUT2D eigenvalue weighted by atomic mass is 32.2. The summed E-state index contributed by atoms with van der Waals surface area (Å²) >= 11 is 3.23. The van der Waals surface area contributed by atoms with Crippen molar-refractivity contribution in [2.24, 2.45) is 5.92 Å². The standard InChI is InChI=1S/C20H26N4OS2/c1-10(2)8-14-12-6-5-7-13(12)15-16-17(27-19(15)22-14)18(21-9-11(3)25)24-20(23-16)26-4/h10-11,25H,5-9H2,1-4H3,(H,21,23,24). The van der Waals surface area contributed by atoms with E-state index in [9.17, 15) is 5.11 Å². The second-order valence-corrected chi connectivity index (χ2v) is 9.49. The molecule has 1 aliphatic carbocycles. The van der Waals surface area contributed by atoms with Crippen LogP contribution in [0.5, 0.6) is 0 Å². The molecule has 0 amide bonds. The molecule has 0 fully saturated rings. The van der Waals surface area contributed by atoms with E-state index in [4.69, 9.17) is 9.97 Å². The van der Waals surface area contributed by atoms with Crippen LogP contribution in [-0.4, -0.2) is 39.0 Å². The fraction of sp³-hybridized carbons (Fsp3) is 0.550. The molecule has 27 heavy (non-hydrogen) atoms. The molecule has 0 bridgehead atoms.